The van der Waals surface area contributed by atoms with Gasteiger partial charge >= 0.3 is 0 Å². The van der Waals surface area contributed by atoms with Gasteiger partial charge in [-0.15, -0.1) is 0 Å². The maximum atomic E-state index is 2.36. The summed E-state index contributed by atoms with van der Waals surface area (Å²) >= 11 is 0. The SMILES string of the molecule is CCCc1c([SiH3])ccc(CC)c1CCC. The summed E-state index contributed by atoms with van der Waals surface area (Å²) in [7, 11) is 1.20. The van der Waals surface area contributed by atoms with Gasteiger partial charge in [-0.2, -0.15) is 0 Å². The molecule has 1 rings (SSSR count). The first kappa shape index (κ1) is 12.5. The van der Waals surface area contributed by atoms with E-state index in [1.54, 1.807) is 21.9 Å². The monoisotopic (exact) mass is 220 g/mol. The Morgan fingerprint density at radius 2 is 1.53 bits per heavy atom. The van der Waals surface area contributed by atoms with Crippen LogP contribution in [0.4, 0.5) is 0 Å². The van der Waals surface area contributed by atoms with Gasteiger partial charge in [-0.05, 0) is 36.0 Å². The van der Waals surface area contributed by atoms with Gasteiger partial charge in [0.2, 0.25) is 0 Å². The molecule has 1 aromatic carbocycles. The van der Waals surface area contributed by atoms with Crippen molar-refractivity contribution in [2.24, 2.45) is 0 Å². The highest BCUT2D eigenvalue weighted by atomic mass is 28.1. The maximum absolute atomic E-state index is 2.36. The van der Waals surface area contributed by atoms with Crippen molar-refractivity contribution in [1.29, 1.82) is 0 Å². The summed E-state index contributed by atoms with van der Waals surface area (Å²) in [6.07, 6.45) is 6.29. The predicted octanol–water partition coefficient (Wildman–Crippen LogP) is 2.14. The zero-order valence-corrected chi connectivity index (χ0v) is 12.7. The van der Waals surface area contributed by atoms with Gasteiger partial charge in [0.1, 0.15) is 0 Å². The highest BCUT2D eigenvalue weighted by molar-refractivity contribution is 6.33. The van der Waals surface area contributed by atoms with E-state index in [0.29, 0.717) is 0 Å². The van der Waals surface area contributed by atoms with E-state index < -0.39 is 0 Å². The Balaban J connectivity index is 3.17. The van der Waals surface area contributed by atoms with Crippen LogP contribution in [0.3, 0.4) is 0 Å². The van der Waals surface area contributed by atoms with E-state index in [-0.39, 0.29) is 0 Å². The summed E-state index contributed by atoms with van der Waals surface area (Å²) in [5.41, 5.74) is 4.94. The quantitative estimate of drug-likeness (QED) is 0.667. The molecule has 0 bridgehead atoms. The summed E-state index contributed by atoms with van der Waals surface area (Å²) in [4.78, 5) is 0. The second-order valence-corrected chi connectivity index (χ2v) is 5.43. The second-order valence-electron chi connectivity index (χ2n) is 4.35. The smallest absolute Gasteiger partial charge is 0.0388 e. The Labute approximate surface area is 97.5 Å². The topological polar surface area (TPSA) is 0 Å². The van der Waals surface area contributed by atoms with Gasteiger partial charge in [0.25, 0.3) is 0 Å². The minimum atomic E-state index is 1.19. The van der Waals surface area contributed by atoms with Crippen LogP contribution in [0, 0.1) is 0 Å². The fourth-order valence-corrected chi connectivity index (χ4v) is 3.07. The van der Waals surface area contributed by atoms with E-state index >= 15 is 0 Å². The van der Waals surface area contributed by atoms with Crippen molar-refractivity contribution in [3.63, 3.8) is 0 Å². The first-order valence-corrected chi connectivity index (χ1v) is 7.34. The normalized spacial score (nSPS) is 10.9. The van der Waals surface area contributed by atoms with Crippen LogP contribution in [0.15, 0.2) is 12.1 Å². The molecule has 15 heavy (non-hydrogen) atoms. The number of benzene rings is 1. The molecule has 1 heteroatoms. The first-order valence-electron chi connectivity index (χ1n) is 6.34. The van der Waals surface area contributed by atoms with Gasteiger partial charge in [0.15, 0.2) is 0 Å². The van der Waals surface area contributed by atoms with E-state index in [1.165, 1.54) is 42.3 Å². The van der Waals surface area contributed by atoms with Crippen LogP contribution >= 0.6 is 0 Å². The molecular formula is C14H24Si. The average Bonchev–Trinajstić information content (AvgIpc) is 2.24. The fraction of sp³-hybridized carbons (Fsp3) is 0.571. The van der Waals surface area contributed by atoms with Crippen LogP contribution < -0.4 is 5.19 Å². The molecule has 0 nitrogen and oxygen atoms in total. The van der Waals surface area contributed by atoms with Gasteiger partial charge < -0.3 is 0 Å². The second kappa shape index (κ2) is 6.11. The van der Waals surface area contributed by atoms with E-state index in [0.717, 1.165) is 0 Å². The highest BCUT2D eigenvalue weighted by Gasteiger charge is 2.08. The molecule has 0 aromatic heterocycles. The van der Waals surface area contributed by atoms with Crippen molar-refractivity contribution >= 4 is 15.4 Å². The van der Waals surface area contributed by atoms with Crippen molar-refractivity contribution in [2.75, 3.05) is 0 Å². The molecule has 0 atom stereocenters. The van der Waals surface area contributed by atoms with Crippen molar-refractivity contribution < 1.29 is 0 Å². The lowest BCUT2D eigenvalue weighted by Gasteiger charge is -2.16. The molecule has 0 amide bonds. The molecule has 0 aliphatic rings. The molecule has 0 aliphatic carbocycles. The van der Waals surface area contributed by atoms with E-state index in [1.807, 2.05) is 0 Å². The van der Waals surface area contributed by atoms with Crippen molar-refractivity contribution in [1.82, 2.24) is 0 Å². The van der Waals surface area contributed by atoms with Crippen molar-refractivity contribution in [2.45, 2.75) is 52.9 Å². The summed E-state index contributed by atoms with van der Waals surface area (Å²) in [6, 6.07) is 4.71. The fourth-order valence-electron chi connectivity index (χ4n) is 2.35. The minimum absolute atomic E-state index is 1.19. The van der Waals surface area contributed by atoms with Crippen LogP contribution in [-0.2, 0) is 19.3 Å². The van der Waals surface area contributed by atoms with Crippen molar-refractivity contribution in [3.8, 4) is 0 Å². The van der Waals surface area contributed by atoms with E-state index in [2.05, 4.69) is 32.9 Å². The Hall–Kier alpha value is -0.563. The van der Waals surface area contributed by atoms with E-state index in [4.69, 9.17) is 0 Å². The lowest BCUT2D eigenvalue weighted by Crippen LogP contribution is -2.15. The Morgan fingerprint density at radius 1 is 0.933 bits per heavy atom. The molecule has 0 heterocycles. The molecule has 0 N–H and O–H groups in total. The summed E-state index contributed by atoms with van der Waals surface area (Å²) in [5, 5.41) is 1.62. The summed E-state index contributed by atoms with van der Waals surface area (Å²) < 4.78 is 0. The summed E-state index contributed by atoms with van der Waals surface area (Å²) in [6.45, 7) is 6.85. The van der Waals surface area contributed by atoms with E-state index in [9.17, 15) is 0 Å². The average molecular weight is 220 g/mol. The Bertz CT molecular complexity index is 315. The number of aryl methyl sites for hydroxylation is 1. The zero-order chi connectivity index (χ0) is 11.3. The third kappa shape index (κ3) is 2.94. The predicted molar refractivity (Wildman–Crippen MR) is 73.4 cm³/mol. The van der Waals surface area contributed by atoms with Crippen LogP contribution in [-0.4, -0.2) is 10.2 Å². The molecule has 0 radical (unpaired) electrons. The summed E-state index contributed by atoms with van der Waals surface area (Å²) in [5.74, 6) is 0. The standard InChI is InChI=1S/C14H24Si/c1-4-7-12-11(6-3)9-10-14(15)13(12)8-5-2/h9-10H,4-8H2,1-3,15H3. The third-order valence-electron chi connectivity index (χ3n) is 3.14. The zero-order valence-electron chi connectivity index (χ0n) is 10.7. The molecule has 0 spiro atoms. The Kier molecular flexibility index (Phi) is 5.10. The maximum Gasteiger partial charge on any atom is 0.0388 e. The Morgan fingerprint density at radius 3 is 2.07 bits per heavy atom. The molecule has 1 aromatic rings. The van der Waals surface area contributed by atoms with Gasteiger partial charge in [0.05, 0.1) is 0 Å². The third-order valence-corrected chi connectivity index (χ3v) is 4.08. The molecule has 0 saturated heterocycles. The molecule has 84 valence electrons. The van der Waals surface area contributed by atoms with Crippen molar-refractivity contribution in [3.05, 3.63) is 28.8 Å². The molecule has 0 saturated carbocycles. The highest BCUT2D eigenvalue weighted by Crippen LogP contribution is 2.17. The lowest BCUT2D eigenvalue weighted by molar-refractivity contribution is 0.849. The van der Waals surface area contributed by atoms with Crippen LogP contribution in [0.2, 0.25) is 0 Å². The van der Waals surface area contributed by atoms with Crippen LogP contribution in [0.1, 0.15) is 50.3 Å². The first-order chi connectivity index (χ1) is 7.24. The van der Waals surface area contributed by atoms with Gasteiger partial charge in [0, 0.05) is 10.2 Å². The van der Waals surface area contributed by atoms with Crippen LogP contribution in [0.25, 0.3) is 0 Å². The molecule has 0 aliphatic heterocycles. The van der Waals surface area contributed by atoms with Gasteiger partial charge in [-0.3, -0.25) is 0 Å². The minimum Gasteiger partial charge on any atom is -0.0673 e. The number of hydrogen-bond acceptors (Lipinski definition) is 0. The largest absolute Gasteiger partial charge is 0.0673 e. The lowest BCUT2D eigenvalue weighted by atomic mass is 9.93. The van der Waals surface area contributed by atoms with Crippen LogP contribution in [0.5, 0.6) is 0 Å². The molecule has 0 unspecified atom stereocenters. The molecule has 0 fully saturated rings. The number of hydrogen-bond donors (Lipinski definition) is 0. The number of rotatable bonds is 5. The van der Waals surface area contributed by atoms with Gasteiger partial charge in [-0.25, -0.2) is 0 Å². The molecular weight excluding hydrogens is 196 g/mol. The van der Waals surface area contributed by atoms with Gasteiger partial charge in [-0.1, -0.05) is 50.9 Å².